The van der Waals surface area contributed by atoms with Crippen LogP contribution in [0, 0.1) is 6.92 Å². The minimum Gasteiger partial charge on any atom is -0.330 e. The van der Waals surface area contributed by atoms with Crippen LogP contribution >= 0.6 is 0 Å². The number of hydrogen-bond donors (Lipinski definition) is 1. The van der Waals surface area contributed by atoms with E-state index in [1.165, 1.54) is 17.5 Å². The van der Waals surface area contributed by atoms with Crippen LogP contribution in [-0.4, -0.2) is 6.54 Å². The average Bonchev–Trinajstić information content (AvgIpc) is 2.37. The molecule has 0 aliphatic rings. The van der Waals surface area contributed by atoms with Gasteiger partial charge in [0, 0.05) is 0 Å². The first-order valence-corrected chi connectivity index (χ1v) is 6.58. The third-order valence-corrected chi connectivity index (χ3v) is 2.04. The van der Waals surface area contributed by atoms with Crippen LogP contribution in [0.1, 0.15) is 51.7 Å². The van der Waals surface area contributed by atoms with Gasteiger partial charge in [0.2, 0.25) is 0 Å². The molecule has 1 nitrogen and oxygen atoms in total. The Morgan fingerprint density at radius 1 is 0.875 bits per heavy atom. The highest BCUT2D eigenvalue weighted by Crippen LogP contribution is 2.06. The van der Waals surface area contributed by atoms with Crippen molar-refractivity contribution in [1.29, 1.82) is 0 Å². The Bertz CT molecular complexity index is 213. The number of benzene rings is 1. The van der Waals surface area contributed by atoms with Gasteiger partial charge in [0.1, 0.15) is 0 Å². The number of aryl methyl sites for hydroxylation is 2. The van der Waals surface area contributed by atoms with Crippen molar-refractivity contribution in [3.05, 3.63) is 35.4 Å². The van der Waals surface area contributed by atoms with E-state index >= 15 is 0 Å². The van der Waals surface area contributed by atoms with E-state index in [1.54, 1.807) is 0 Å². The summed E-state index contributed by atoms with van der Waals surface area (Å²) in [6, 6.07) is 8.73. The molecule has 1 aromatic carbocycles. The van der Waals surface area contributed by atoms with Crippen molar-refractivity contribution in [2.24, 2.45) is 5.73 Å². The van der Waals surface area contributed by atoms with E-state index in [0.29, 0.717) is 0 Å². The molecular weight excluding hydrogens is 194 g/mol. The molecule has 16 heavy (non-hydrogen) atoms. The van der Waals surface area contributed by atoms with Gasteiger partial charge in [-0.2, -0.15) is 0 Å². The van der Waals surface area contributed by atoms with E-state index < -0.39 is 0 Å². The lowest BCUT2D eigenvalue weighted by Crippen LogP contribution is -1.98. The molecule has 0 heterocycles. The number of unbranched alkanes of at least 4 members (excludes halogenated alkanes) is 1. The quantitative estimate of drug-likeness (QED) is 0.755. The topological polar surface area (TPSA) is 26.0 Å². The molecule has 1 heteroatoms. The van der Waals surface area contributed by atoms with Crippen molar-refractivity contribution >= 4 is 0 Å². The van der Waals surface area contributed by atoms with E-state index in [0.717, 1.165) is 19.4 Å². The van der Waals surface area contributed by atoms with Crippen LogP contribution in [0.2, 0.25) is 0 Å². The van der Waals surface area contributed by atoms with Crippen molar-refractivity contribution in [3.8, 4) is 0 Å². The fourth-order valence-corrected chi connectivity index (χ4v) is 1.23. The summed E-state index contributed by atoms with van der Waals surface area (Å²) in [6.45, 7) is 10.9. The molecule has 0 spiro atoms. The van der Waals surface area contributed by atoms with Crippen LogP contribution in [0.3, 0.4) is 0 Å². The molecule has 2 N–H and O–H groups in total. The Kier molecular flexibility index (Phi) is 15.6. The second kappa shape index (κ2) is 14.2. The Labute approximate surface area is 102 Å². The van der Waals surface area contributed by atoms with Gasteiger partial charge in [0.05, 0.1) is 0 Å². The average molecular weight is 223 g/mol. The second-order valence-corrected chi connectivity index (χ2v) is 3.23. The maximum atomic E-state index is 5.42. The summed E-state index contributed by atoms with van der Waals surface area (Å²) < 4.78 is 0. The molecule has 0 fully saturated rings. The molecular formula is C15H29N. The SMILES string of the molecule is CC.CC.Cc1ccc(CCCCN)cc1. The Balaban J connectivity index is 0. The van der Waals surface area contributed by atoms with Crippen molar-refractivity contribution in [2.75, 3.05) is 6.54 Å². The Morgan fingerprint density at radius 2 is 1.38 bits per heavy atom. The first kappa shape index (κ1) is 17.6. The van der Waals surface area contributed by atoms with Crippen molar-refractivity contribution in [2.45, 2.75) is 53.9 Å². The lowest BCUT2D eigenvalue weighted by Gasteiger charge is -2.00. The number of rotatable bonds is 4. The predicted octanol–water partition coefficient (Wildman–Crippen LogP) is 4.33. The van der Waals surface area contributed by atoms with Crippen molar-refractivity contribution in [1.82, 2.24) is 0 Å². The van der Waals surface area contributed by atoms with Crippen LogP contribution in [-0.2, 0) is 6.42 Å². The minimum absolute atomic E-state index is 0.811. The van der Waals surface area contributed by atoms with Crippen LogP contribution < -0.4 is 5.73 Å². The Hall–Kier alpha value is -0.820. The number of hydrogen-bond acceptors (Lipinski definition) is 1. The molecule has 0 saturated heterocycles. The molecule has 0 atom stereocenters. The van der Waals surface area contributed by atoms with Crippen molar-refractivity contribution in [3.63, 3.8) is 0 Å². The van der Waals surface area contributed by atoms with Gasteiger partial charge in [-0.3, -0.25) is 0 Å². The molecule has 0 aliphatic carbocycles. The standard InChI is InChI=1S/C11H17N.2C2H6/c1-10-5-7-11(8-6-10)4-2-3-9-12;2*1-2/h5-8H,2-4,9,12H2,1H3;2*1-2H3. The monoisotopic (exact) mass is 223 g/mol. The molecule has 0 saturated carbocycles. The molecule has 0 radical (unpaired) electrons. The maximum Gasteiger partial charge on any atom is -0.00772 e. The lowest BCUT2D eigenvalue weighted by atomic mass is 10.1. The molecule has 0 aliphatic heterocycles. The van der Waals surface area contributed by atoms with Crippen LogP contribution in [0.25, 0.3) is 0 Å². The first-order valence-electron chi connectivity index (χ1n) is 6.58. The van der Waals surface area contributed by atoms with Crippen molar-refractivity contribution < 1.29 is 0 Å². The highest BCUT2D eigenvalue weighted by Gasteiger charge is 1.91. The molecule has 1 aromatic rings. The first-order chi connectivity index (χ1) is 7.83. The zero-order valence-corrected chi connectivity index (χ0v) is 11.7. The van der Waals surface area contributed by atoms with E-state index in [4.69, 9.17) is 5.73 Å². The summed E-state index contributed by atoms with van der Waals surface area (Å²) in [4.78, 5) is 0. The second-order valence-electron chi connectivity index (χ2n) is 3.23. The van der Waals surface area contributed by atoms with Gasteiger partial charge >= 0.3 is 0 Å². The Morgan fingerprint density at radius 3 is 1.81 bits per heavy atom. The number of nitrogens with two attached hydrogens (primary N) is 1. The fourth-order valence-electron chi connectivity index (χ4n) is 1.23. The van der Waals surface area contributed by atoms with Gasteiger partial charge in [-0.25, -0.2) is 0 Å². The normalized spacial score (nSPS) is 8.38. The van der Waals surface area contributed by atoms with Gasteiger partial charge in [-0.15, -0.1) is 0 Å². The van der Waals surface area contributed by atoms with E-state index in [1.807, 2.05) is 27.7 Å². The highest BCUT2D eigenvalue weighted by atomic mass is 14.5. The van der Waals surface area contributed by atoms with E-state index in [2.05, 4.69) is 31.2 Å². The summed E-state index contributed by atoms with van der Waals surface area (Å²) in [7, 11) is 0. The largest absolute Gasteiger partial charge is 0.330 e. The summed E-state index contributed by atoms with van der Waals surface area (Å²) >= 11 is 0. The molecule has 0 bridgehead atoms. The third-order valence-electron chi connectivity index (χ3n) is 2.04. The zero-order valence-electron chi connectivity index (χ0n) is 11.7. The third kappa shape index (κ3) is 9.72. The van der Waals surface area contributed by atoms with Gasteiger partial charge in [0.15, 0.2) is 0 Å². The molecule has 1 rings (SSSR count). The minimum atomic E-state index is 0.811. The summed E-state index contributed by atoms with van der Waals surface area (Å²) in [5.41, 5.74) is 8.17. The summed E-state index contributed by atoms with van der Waals surface area (Å²) in [5, 5.41) is 0. The van der Waals surface area contributed by atoms with Crippen LogP contribution in [0.4, 0.5) is 0 Å². The maximum absolute atomic E-state index is 5.42. The van der Waals surface area contributed by atoms with Gasteiger partial charge in [0.25, 0.3) is 0 Å². The zero-order chi connectivity index (χ0) is 12.8. The summed E-state index contributed by atoms with van der Waals surface area (Å²) in [6.07, 6.45) is 3.50. The fraction of sp³-hybridized carbons (Fsp3) is 0.600. The van der Waals surface area contributed by atoms with Gasteiger partial charge in [-0.1, -0.05) is 57.5 Å². The van der Waals surface area contributed by atoms with Crippen LogP contribution in [0.15, 0.2) is 24.3 Å². The van der Waals surface area contributed by atoms with E-state index in [-0.39, 0.29) is 0 Å². The molecule has 94 valence electrons. The molecule has 0 aromatic heterocycles. The predicted molar refractivity (Wildman–Crippen MR) is 75.9 cm³/mol. The smallest absolute Gasteiger partial charge is 0.00772 e. The highest BCUT2D eigenvalue weighted by molar-refractivity contribution is 5.21. The van der Waals surface area contributed by atoms with Gasteiger partial charge < -0.3 is 5.73 Å². The lowest BCUT2D eigenvalue weighted by molar-refractivity contribution is 0.745. The van der Waals surface area contributed by atoms with Crippen LogP contribution in [0.5, 0.6) is 0 Å². The summed E-state index contributed by atoms with van der Waals surface area (Å²) in [5.74, 6) is 0. The van der Waals surface area contributed by atoms with E-state index in [9.17, 15) is 0 Å². The molecule has 0 amide bonds. The molecule has 0 unspecified atom stereocenters. The van der Waals surface area contributed by atoms with Gasteiger partial charge in [-0.05, 0) is 38.3 Å².